The number of para-hydroxylation sites is 1. The molecule has 0 amide bonds. The molecule has 0 aliphatic heterocycles. The van der Waals surface area contributed by atoms with Gasteiger partial charge in [0.25, 0.3) is 0 Å². The second-order valence-corrected chi connectivity index (χ2v) is 16.1. The van der Waals surface area contributed by atoms with Crippen LogP contribution in [0, 0.1) is 0 Å². The van der Waals surface area contributed by atoms with E-state index in [0.717, 1.165) is 49.9 Å². The maximum Gasteiger partial charge on any atom is 0.164 e. The van der Waals surface area contributed by atoms with Crippen LogP contribution in [0.25, 0.3) is 121 Å². The molecule has 0 atom stereocenters. The third-order valence-electron chi connectivity index (χ3n) is 12.5. The zero-order chi connectivity index (χ0) is 40.7. The maximum absolute atomic E-state index is 5.19. The van der Waals surface area contributed by atoms with Crippen molar-refractivity contribution in [1.82, 2.24) is 24.1 Å². The summed E-state index contributed by atoms with van der Waals surface area (Å²) in [6.45, 7) is 0. The monoisotopic (exact) mass is 789 g/mol. The van der Waals surface area contributed by atoms with Crippen LogP contribution in [-0.2, 0) is 0 Å². The Morgan fingerprint density at radius 2 is 0.710 bits per heavy atom. The highest BCUT2D eigenvalue weighted by atomic mass is 15.0. The molecule has 5 nitrogen and oxygen atoms in total. The molecule has 0 unspecified atom stereocenters. The van der Waals surface area contributed by atoms with E-state index < -0.39 is 0 Å². The summed E-state index contributed by atoms with van der Waals surface area (Å²) in [4.78, 5) is 15.4. The fraction of sp³-hybridized carbons (Fsp3) is 0. The lowest BCUT2D eigenvalue weighted by atomic mass is 10.0. The molecule has 0 saturated heterocycles. The van der Waals surface area contributed by atoms with Crippen molar-refractivity contribution in [2.45, 2.75) is 0 Å². The smallest absolute Gasteiger partial charge is 0.164 e. The van der Waals surface area contributed by atoms with E-state index in [1.165, 1.54) is 54.1 Å². The van der Waals surface area contributed by atoms with Gasteiger partial charge in [0.1, 0.15) is 0 Å². The molecular weight excluding hydrogens is 755 g/mol. The topological polar surface area (TPSA) is 48.5 Å². The van der Waals surface area contributed by atoms with Crippen LogP contribution in [0.4, 0.5) is 0 Å². The Balaban J connectivity index is 1.12. The van der Waals surface area contributed by atoms with Crippen molar-refractivity contribution in [3.05, 3.63) is 212 Å². The molecule has 10 aromatic carbocycles. The molecule has 5 heteroatoms. The SMILES string of the molecule is c1ccc(-c2nc(-c3ccccc3)nc(-c3cc(-n4c5cc(-n6c7ccccc7c7cc8ccccc8cc76)ccc5c5cc6ccccc6cc54)c4ccccc4c3)n2)cc1. The molecule has 62 heavy (non-hydrogen) atoms. The number of rotatable bonds is 5. The van der Waals surface area contributed by atoms with Crippen molar-refractivity contribution >= 4 is 75.9 Å². The fourth-order valence-electron chi connectivity index (χ4n) is 9.57. The number of hydrogen-bond donors (Lipinski definition) is 0. The van der Waals surface area contributed by atoms with Crippen molar-refractivity contribution in [3.63, 3.8) is 0 Å². The normalized spacial score (nSPS) is 11.9. The van der Waals surface area contributed by atoms with Crippen LogP contribution in [-0.4, -0.2) is 24.1 Å². The number of nitrogens with zero attached hydrogens (tertiary/aromatic N) is 5. The van der Waals surface area contributed by atoms with E-state index in [9.17, 15) is 0 Å². The second-order valence-electron chi connectivity index (χ2n) is 16.1. The summed E-state index contributed by atoms with van der Waals surface area (Å²) in [5.74, 6) is 1.89. The van der Waals surface area contributed by atoms with Crippen LogP contribution in [0.2, 0.25) is 0 Å². The predicted octanol–water partition coefficient (Wildman–Crippen LogP) is 14.5. The van der Waals surface area contributed by atoms with Crippen molar-refractivity contribution in [2.75, 3.05) is 0 Å². The summed E-state index contributed by atoms with van der Waals surface area (Å²) >= 11 is 0. The Morgan fingerprint density at radius 1 is 0.258 bits per heavy atom. The van der Waals surface area contributed by atoms with E-state index in [4.69, 9.17) is 15.0 Å². The molecule has 3 heterocycles. The summed E-state index contributed by atoms with van der Waals surface area (Å²) in [6, 6.07) is 76.0. The van der Waals surface area contributed by atoms with Gasteiger partial charge in [-0.2, -0.15) is 0 Å². The summed E-state index contributed by atoms with van der Waals surface area (Å²) in [5.41, 5.74) is 9.57. The Kier molecular flexibility index (Phi) is 7.54. The van der Waals surface area contributed by atoms with Crippen molar-refractivity contribution in [2.24, 2.45) is 0 Å². The van der Waals surface area contributed by atoms with E-state index in [-0.39, 0.29) is 0 Å². The molecule has 0 radical (unpaired) electrons. The van der Waals surface area contributed by atoms with Gasteiger partial charge in [0.2, 0.25) is 0 Å². The molecule has 0 saturated carbocycles. The van der Waals surface area contributed by atoms with Crippen molar-refractivity contribution in [1.29, 1.82) is 0 Å². The highest BCUT2D eigenvalue weighted by Crippen LogP contribution is 2.41. The number of benzene rings is 10. The quantitative estimate of drug-likeness (QED) is 0.174. The Hall–Kier alpha value is -8.41. The largest absolute Gasteiger partial charge is 0.309 e. The first kappa shape index (κ1) is 34.5. The highest BCUT2D eigenvalue weighted by Gasteiger charge is 2.21. The molecule has 0 spiro atoms. The summed E-state index contributed by atoms with van der Waals surface area (Å²) in [7, 11) is 0. The van der Waals surface area contributed by atoms with Crippen LogP contribution in [0.5, 0.6) is 0 Å². The lowest BCUT2D eigenvalue weighted by Crippen LogP contribution is -2.02. The average Bonchev–Trinajstić information content (AvgIpc) is 3.83. The second kappa shape index (κ2) is 13.6. The van der Waals surface area contributed by atoms with Gasteiger partial charge in [-0.3, -0.25) is 0 Å². The van der Waals surface area contributed by atoms with Gasteiger partial charge in [-0.15, -0.1) is 0 Å². The molecule has 3 aromatic heterocycles. The Labute approximate surface area is 356 Å². The van der Waals surface area contributed by atoms with Gasteiger partial charge in [-0.05, 0) is 81.5 Å². The maximum atomic E-state index is 5.19. The zero-order valence-electron chi connectivity index (χ0n) is 33.4. The van der Waals surface area contributed by atoms with Crippen LogP contribution < -0.4 is 0 Å². The van der Waals surface area contributed by atoms with E-state index in [1.54, 1.807) is 0 Å². The van der Waals surface area contributed by atoms with Gasteiger partial charge in [-0.25, -0.2) is 15.0 Å². The number of hydrogen-bond acceptors (Lipinski definition) is 3. The first-order valence-corrected chi connectivity index (χ1v) is 21.0. The molecule has 288 valence electrons. The van der Waals surface area contributed by atoms with Gasteiger partial charge < -0.3 is 9.13 Å². The summed E-state index contributed by atoms with van der Waals surface area (Å²) in [5, 5.41) is 12.0. The molecule has 13 aromatic rings. The molecule has 0 aliphatic rings. The van der Waals surface area contributed by atoms with Gasteiger partial charge in [0, 0.05) is 49.3 Å². The lowest BCUT2D eigenvalue weighted by molar-refractivity contribution is 1.07. The summed E-state index contributed by atoms with van der Waals surface area (Å²) in [6.07, 6.45) is 0. The van der Waals surface area contributed by atoms with Gasteiger partial charge in [-0.1, -0.05) is 158 Å². The minimum atomic E-state index is 0.620. The van der Waals surface area contributed by atoms with Crippen LogP contribution in [0.15, 0.2) is 212 Å². The molecule has 0 fully saturated rings. The number of aromatic nitrogens is 5. The van der Waals surface area contributed by atoms with E-state index in [1.807, 2.05) is 36.4 Å². The van der Waals surface area contributed by atoms with Crippen LogP contribution >= 0.6 is 0 Å². The Bertz CT molecular complexity index is 3860. The average molecular weight is 790 g/mol. The first-order chi connectivity index (χ1) is 30.7. The summed E-state index contributed by atoms with van der Waals surface area (Å²) < 4.78 is 4.90. The van der Waals surface area contributed by atoms with E-state index in [2.05, 4.69) is 185 Å². The Morgan fingerprint density at radius 3 is 1.32 bits per heavy atom. The predicted molar refractivity (Wildman–Crippen MR) is 257 cm³/mol. The van der Waals surface area contributed by atoms with Crippen LogP contribution in [0.1, 0.15) is 0 Å². The molecule has 0 N–H and O–H groups in total. The molecule has 0 bridgehead atoms. The fourth-order valence-corrected chi connectivity index (χ4v) is 9.57. The number of fused-ring (bicyclic) bond motifs is 9. The van der Waals surface area contributed by atoms with Crippen molar-refractivity contribution in [3.8, 4) is 45.5 Å². The minimum Gasteiger partial charge on any atom is -0.309 e. The van der Waals surface area contributed by atoms with E-state index >= 15 is 0 Å². The standard InChI is InChI=1S/C57H35N5/c1-3-15-36(16-4-1)55-58-56(37-17-5-2-6-18-37)60-57(59-55)43-29-42-23-11-12-24-45(42)51(34-43)62-53-33-41-22-10-8-20-39(41)31-49(53)47-28-27-44(35-54(47)62)61-50-26-14-13-25-46(50)48-30-38-19-7-9-21-40(38)32-52(48)61/h1-35H. The van der Waals surface area contributed by atoms with Gasteiger partial charge in [0.05, 0.1) is 27.8 Å². The van der Waals surface area contributed by atoms with E-state index in [0.29, 0.717) is 17.5 Å². The molecule has 0 aliphatic carbocycles. The third kappa shape index (κ3) is 5.38. The highest BCUT2D eigenvalue weighted by molar-refractivity contribution is 6.17. The third-order valence-corrected chi connectivity index (χ3v) is 12.5. The van der Waals surface area contributed by atoms with Gasteiger partial charge in [0.15, 0.2) is 17.5 Å². The minimum absolute atomic E-state index is 0.620. The lowest BCUT2D eigenvalue weighted by Gasteiger charge is -2.16. The molecular formula is C57H35N5. The first-order valence-electron chi connectivity index (χ1n) is 21.0. The molecule has 13 rings (SSSR count). The van der Waals surface area contributed by atoms with Crippen LogP contribution in [0.3, 0.4) is 0 Å². The van der Waals surface area contributed by atoms with Gasteiger partial charge >= 0.3 is 0 Å². The van der Waals surface area contributed by atoms with Crippen molar-refractivity contribution < 1.29 is 0 Å². The zero-order valence-corrected chi connectivity index (χ0v) is 33.4.